The number of fused-ring (bicyclic) bond motifs is 1. The normalized spacial score (nSPS) is 11.4. The van der Waals surface area contributed by atoms with E-state index in [1.54, 1.807) is 36.4 Å². The average molecular weight is 468 g/mol. The van der Waals surface area contributed by atoms with Gasteiger partial charge >= 0.3 is 11.1 Å². The number of aromatic nitrogens is 2. The highest BCUT2D eigenvalue weighted by molar-refractivity contribution is 7.92. The summed E-state index contributed by atoms with van der Waals surface area (Å²) < 4.78 is 42.3. The van der Waals surface area contributed by atoms with Crippen molar-refractivity contribution in [3.8, 4) is 17.2 Å². The molecule has 0 fully saturated rings. The minimum absolute atomic E-state index is 0.0121. The number of methoxy groups -OCH3 is 1. The molecule has 0 unspecified atom stereocenters. The number of nitrogens with zero attached hydrogens (tertiary/aromatic N) is 2. The lowest BCUT2D eigenvalue weighted by molar-refractivity contribution is 0.413. The van der Waals surface area contributed by atoms with Crippen LogP contribution in [0.2, 0.25) is 0 Å². The fraction of sp³-hybridized carbons (Fsp3) is 0.130. The topological polar surface area (TPSA) is 109 Å². The molecule has 1 N–H and O–H groups in total. The molecule has 0 aliphatic rings. The molecule has 0 spiro atoms. The van der Waals surface area contributed by atoms with Crippen molar-refractivity contribution < 1.29 is 17.9 Å². The number of aryl methyl sites for hydroxylation is 2. The maximum absolute atomic E-state index is 13.1. The smallest absolute Gasteiger partial charge is 0.316 e. The quantitative estimate of drug-likeness (QED) is 0.437. The SMILES string of the molecule is COc1cccc(S(=O)(=O)Nc2cc3c(cc2Oc2ccccc2)n(C)c(=O)c(=O)n3C)c1. The number of nitrogens with one attached hydrogen (secondary N) is 1. The van der Waals surface area contributed by atoms with Gasteiger partial charge in [-0.05, 0) is 30.3 Å². The van der Waals surface area contributed by atoms with Crippen LogP contribution >= 0.6 is 0 Å². The van der Waals surface area contributed by atoms with Gasteiger partial charge in [-0.25, -0.2) is 8.42 Å². The number of sulfonamides is 1. The van der Waals surface area contributed by atoms with Gasteiger partial charge in [-0.1, -0.05) is 24.3 Å². The zero-order valence-electron chi connectivity index (χ0n) is 18.1. The van der Waals surface area contributed by atoms with E-state index in [-0.39, 0.29) is 16.3 Å². The molecule has 0 saturated carbocycles. The van der Waals surface area contributed by atoms with Crippen molar-refractivity contribution in [1.82, 2.24) is 9.13 Å². The summed E-state index contributed by atoms with van der Waals surface area (Å²) in [5, 5.41) is 0. The molecule has 0 saturated heterocycles. The van der Waals surface area contributed by atoms with Crippen LogP contribution in [0.25, 0.3) is 11.0 Å². The Morgan fingerprint density at radius 3 is 2.03 bits per heavy atom. The van der Waals surface area contributed by atoms with Crippen LogP contribution < -0.4 is 25.3 Å². The third-order valence-corrected chi connectivity index (χ3v) is 6.52. The molecule has 1 heterocycles. The molecule has 0 bridgehead atoms. The fourth-order valence-electron chi connectivity index (χ4n) is 3.35. The first kappa shape index (κ1) is 22.2. The van der Waals surface area contributed by atoms with Gasteiger partial charge < -0.3 is 18.6 Å². The van der Waals surface area contributed by atoms with Gasteiger partial charge in [-0.15, -0.1) is 0 Å². The first-order chi connectivity index (χ1) is 15.7. The highest BCUT2D eigenvalue weighted by Crippen LogP contribution is 2.34. The van der Waals surface area contributed by atoms with E-state index in [0.29, 0.717) is 22.5 Å². The van der Waals surface area contributed by atoms with E-state index in [1.165, 1.54) is 54.6 Å². The number of ether oxygens (including phenoxy) is 2. The van der Waals surface area contributed by atoms with Crippen molar-refractivity contribution in [2.24, 2.45) is 14.1 Å². The molecular formula is C23H21N3O6S. The van der Waals surface area contributed by atoms with Gasteiger partial charge in [-0.3, -0.25) is 14.3 Å². The van der Waals surface area contributed by atoms with Crippen molar-refractivity contribution in [2.45, 2.75) is 4.90 Å². The molecule has 0 aliphatic heterocycles. The third kappa shape index (κ3) is 4.20. The molecule has 0 atom stereocenters. The predicted octanol–water partition coefficient (Wildman–Crippen LogP) is 2.84. The summed E-state index contributed by atoms with van der Waals surface area (Å²) in [5.74, 6) is 1.01. The summed E-state index contributed by atoms with van der Waals surface area (Å²) in [6, 6.07) is 17.8. The van der Waals surface area contributed by atoms with Crippen LogP contribution in [0.5, 0.6) is 17.2 Å². The van der Waals surface area contributed by atoms with Crippen molar-refractivity contribution in [2.75, 3.05) is 11.8 Å². The number of rotatable bonds is 6. The molecule has 0 radical (unpaired) electrons. The van der Waals surface area contributed by atoms with Gasteiger partial charge in [0.15, 0.2) is 5.75 Å². The molecule has 170 valence electrons. The van der Waals surface area contributed by atoms with E-state index in [9.17, 15) is 18.0 Å². The Bertz CT molecular complexity index is 1570. The molecule has 0 amide bonds. The lowest BCUT2D eigenvalue weighted by Crippen LogP contribution is -2.39. The molecule has 3 aromatic carbocycles. The molecule has 9 nitrogen and oxygen atoms in total. The van der Waals surface area contributed by atoms with Crippen molar-refractivity contribution in [3.05, 3.63) is 87.4 Å². The highest BCUT2D eigenvalue weighted by atomic mass is 32.2. The Morgan fingerprint density at radius 1 is 0.788 bits per heavy atom. The lowest BCUT2D eigenvalue weighted by atomic mass is 10.2. The van der Waals surface area contributed by atoms with Crippen molar-refractivity contribution in [3.63, 3.8) is 0 Å². The van der Waals surface area contributed by atoms with Crippen LogP contribution in [0.4, 0.5) is 5.69 Å². The van der Waals surface area contributed by atoms with Crippen LogP contribution in [-0.4, -0.2) is 24.7 Å². The molecular weight excluding hydrogens is 446 g/mol. The van der Waals surface area contributed by atoms with E-state index in [4.69, 9.17) is 9.47 Å². The largest absolute Gasteiger partial charge is 0.497 e. The summed E-state index contributed by atoms with van der Waals surface area (Å²) >= 11 is 0. The second-order valence-corrected chi connectivity index (χ2v) is 8.95. The maximum Gasteiger partial charge on any atom is 0.316 e. The zero-order valence-corrected chi connectivity index (χ0v) is 18.9. The van der Waals surface area contributed by atoms with E-state index in [2.05, 4.69) is 4.72 Å². The average Bonchev–Trinajstić information content (AvgIpc) is 2.82. The molecule has 1 aromatic heterocycles. The summed E-state index contributed by atoms with van der Waals surface area (Å²) in [5.41, 5.74) is -0.588. The lowest BCUT2D eigenvalue weighted by Gasteiger charge is -2.17. The first-order valence-corrected chi connectivity index (χ1v) is 11.3. The summed E-state index contributed by atoms with van der Waals surface area (Å²) in [6.45, 7) is 0. The van der Waals surface area contributed by atoms with Crippen LogP contribution in [0, 0.1) is 0 Å². The number of anilines is 1. The predicted molar refractivity (Wildman–Crippen MR) is 125 cm³/mol. The number of hydrogen-bond acceptors (Lipinski definition) is 6. The van der Waals surface area contributed by atoms with Gasteiger partial charge in [0, 0.05) is 26.2 Å². The molecule has 10 heteroatoms. The summed E-state index contributed by atoms with van der Waals surface area (Å²) in [7, 11) is 0.326. The van der Waals surface area contributed by atoms with Gasteiger partial charge in [0.05, 0.1) is 28.7 Å². The number of benzene rings is 3. The van der Waals surface area contributed by atoms with E-state index in [0.717, 1.165) is 0 Å². The van der Waals surface area contributed by atoms with Crippen LogP contribution in [-0.2, 0) is 24.1 Å². The summed E-state index contributed by atoms with van der Waals surface area (Å²) in [4.78, 5) is 24.6. The number of hydrogen-bond donors (Lipinski definition) is 1. The highest BCUT2D eigenvalue weighted by Gasteiger charge is 2.20. The van der Waals surface area contributed by atoms with Gasteiger partial charge in [-0.2, -0.15) is 0 Å². The first-order valence-electron chi connectivity index (χ1n) is 9.85. The van der Waals surface area contributed by atoms with Crippen LogP contribution in [0.15, 0.2) is 81.2 Å². The molecule has 4 rings (SSSR count). The van der Waals surface area contributed by atoms with E-state index >= 15 is 0 Å². The zero-order chi connectivity index (χ0) is 23.8. The summed E-state index contributed by atoms with van der Waals surface area (Å²) in [6.07, 6.45) is 0. The van der Waals surface area contributed by atoms with E-state index < -0.39 is 21.1 Å². The minimum atomic E-state index is -4.04. The standard InChI is InChI=1S/C23H21N3O6S/c1-25-19-13-18(24-33(29,30)17-11-7-10-16(12-17)31-3)21(32-15-8-5-4-6-9-15)14-20(19)26(2)23(28)22(25)27/h4-14,24H,1-3H3. The van der Waals surface area contributed by atoms with Crippen molar-refractivity contribution in [1.29, 1.82) is 0 Å². The van der Waals surface area contributed by atoms with Crippen LogP contribution in [0.1, 0.15) is 0 Å². The second kappa shape index (κ2) is 8.47. The maximum atomic E-state index is 13.1. The Hall–Kier alpha value is -4.05. The van der Waals surface area contributed by atoms with Gasteiger partial charge in [0.2, 0.25) is 0 Å². The molecule has 0 aliphatic carbocycles. The Kier molecular flexibility index (Phi) is 5.69. The van der Waals surface area contributed by atoms with Crippen LogP contribution in [0.3, 0.4) is 0 Å². The third-order valence-electron chi connectivity index (χ3n) is 5.16. The van der Waals surface area contributed by atoms with E-state index in [1.807, 2.05) is 6.07 Å². The Labute approximate surface area is 189 Å². The van der Waals surface area contributed by atoms with Gasteiger partial charge in [0.1, 0.15) is 11.5 Å². The Balaban J connectivity index is 1.92. The molecule has 33 heavy (non-hydrogen) atoms. The van der Waals surface area contributed by atoms with Gasteiger partial charge in [0.25, 0.3) is 10.0 Å². The fourth-order valence-corrected chi connectivity index (χ4v) is 4.45. The molecule has 4 aromatic rings. The monoisotopic (exact) mass is 467 g/mol. The number of para-hydroxylation sites is 1. The second-order valence-electron chi connectivity index (χ2n) is 7.27. The van der Waals surface area contributed by atoms with Crippen molar-refractivity contribution >= 4 is 26.7 Å². The Morgan fingerprint density at radius 2 is 1.39 bits per heavy atom. The minimum Gasteiger partial charge on any atom is -0.497 e.